The first-order valence-electron chi connectivity index (χ1n) is 10.1. The second-order valence-corrected chi connectivity index (χ2v) is 9.14. The van der Waals surface area contributed by atoms with Crippen LogP contribution in [0.4, 0.5) is 5.13 Å². The molecule has 4 rings (SSSR count). The maximum absolute atomic E-state index is 11.5. The lowest BCUT2D eigenvalue weighted by Crippen LogP contribution is -2.45. The molecule has 0 spiro atoms. The van der Waals surface area contributed by atoms with E-state index < -0.39 is 5.97 Å². The number of rotatable bonds is 7. The molecule has 0 unspecified atom stereocenters. The number of anilines is 1. The molecule has 1 aliphatic rings. The Bertz CT molecular complexity index is 1070. The molecule has 0 N–H and O–H groups in total. The smallest absolute Gasteiger partial charge is 0.344 e. The quantitative estimate of drug-likeness (QED) is 0.450. The number of hydrogen-bond donors (Lipinski definition) is 0. The summed E-state index contributed by atoms with van der Waals surface area (Å²) in [7, 11) is 0. The molecule has 6 nitrogen and oxygen atoms in total. The maximum atomic E-state index is 11.5. The molecule has 164 valence electrons. The van der Waals surface area contributed by atoms with Crippen LogP contribution in [-0.4, -0.2) is 55.2 Å². The van der Waals surface area contributed by atoms with Gasteiger partial charge in [0.25, 0.3) is 0 Å². The van der Waals surface area contributed by atoms with Crippen LogP contribution in [0, 0.1) is 0 Å². The van der Waals surface area contributed by atoms with E-state index in [-0.39, 0.29) is 6.61 Å². The van der Waals surface area contributed by atoms with E-state index in [2.05, 4.69) is 9.80 Å². The molecule has 2 aromatic carbocycles. The maximum Gasteiger partial charge on any atom is 0.344 e. The molecular weight excluding hydrogens is 457 g/mol. The van der Waals surface area contributed by atoms with Crippen LogP contribution in [0.15, 0.2) is 36.4 Å². The summed E-state index contributed by atoms with van der Waals surface area (Å²) in [6.07, 6.45) is 0. The van der Waals surface area contributed by atoms with Crippen LogP contribution in [0.1, 0.15) is 12.5 Å². The zero-order valence-electron chi connectivity index (χ0n) is 17.1. The van der Waals surface area contributed by atoms with Gasteiger partial charge in [0.05, 0.1) is 16.8 Å². The van der Waals surface area contributed by atoms with Gasteiger partial charge in [-0.1, -0.05) is 34.5 Å². The predicted molar refractivity (Wildman–Crippen MR) is 126 cm³/mol. The number of hydrogen-bond acceptors (Lipinski definition) is 7. The highest BCUT2D eigenvalue weighted by molar-refractivity contribution is 7.22. The Morgan fingerprint density at radius 3 is 2.68 bits per heavy atom. The van der Waals surface area contributed by atoms with E-state index in [4.69, 9.17) is 37.7 Å². The first kappa shape index (κ1) is 22.1. The molecule has 31 heavy (non-hydrogen) atoms. The lowest BCUT2D eigenvalue weighted by Gasteiger charge is -2.34. The average Bonchev–Trinajstić information content (AvgIpc) is 3.16. The highest BCUT2D eigenvalue weighted by Crippen LogP contribution is 2.31. The zero-order valence-corrected chi connectivity index (χ0v) is 19.5. The summed E-state index contributed by atoms with van der Waals surface area (Å²) in [6.45, 7) is 6.38. The van der Waals surface area contributed by atoms with E-state index in [1.807, 2.05) is 30.3 Å². The molecule has 9 heteroatoms. The number of ether oxygens (including phenoxy) is 2. The van der Waals surface area contributed by atoms with Gasteiger partial charge in [0.2, 0.25) is 0 Å². The van der Waals surface area contributed by atoms with Crippen LogP contribution >= 0.6 is 34.5 Å². The van der Waals surface area contributed by atoms with Crippen molar-refractivity contribution in [2.24, 2.45) is 0 Å². The van der Waals surface area contributed by atoms with E-state index in [9.17, 15) is 4.79 Å². The molecule has 0 radical (unpaired) electrons. The van der Waals surface area contributed by atoms with Gasteiger partial charge in [0.15, 0.2) is 11.7 Å². The fourth-order valence-electron chi connectivity index (χ4n) is 3.52. The molecule has 0 bridgehead atoms. The van der Waals surface area contributed by atoms with Gasteiger partial charge in [-0.3, -0.25) is 4.90 Å². The van der Waals surface area contributed by atoms with Gasteiger partial charge >= 0.3 is 5.97 Å². The molecule has 0 atom stereocenters. The number of carbonyl (C=O) groups excluding carboxylic acids is 1. The number of benzene rings is 2. The van der Waals surface area contributed by atoms with Crippen LogP contribution in [0.5, 0.6) is 5.75 Å². The van der Waals surface area contributed by atoms with Crippen molar-refractivity contribution in [2.45, 2.75) is 13.5 Å². The van der Waals surface area contributed by atoms with Gasteiger partial charge in [-0.25, -0.2) is 9.78 Å². The minimum atomic E-state index is -0.391. The first-order valence-corrected chi connectivity index (χ1v) is 11.7. The molecule has 1 saturated heterocycles. The summed E-state index contributed by atoms with van der Waals surface area (Å²) >= 11 is 14.0. The molecule has 2 heterocycles. The summed E-state index contributed by atoms with van der Waals surface area (Å²) in [6, 6.07) is 11.4. The SMILES string of the molecule is CCOC(=O)COc1cc(Cl)cc(CN2CCN(c3nc4ccc(Cl)cc4s3)CC2)c1. The zero-order chi connectivity index (χ0) is 21.8. The van der Waals surface area contributed by atoms with Crippen molar-refractivity contribution < 1.29 is 14.3 Å². The fourth-order valence-corrected chi connectivity index (χ4v) is 5.06. The summed E-state index contributed by atoms with van der Waals surface area (Å²) < 4.78 is 11.5. The van der Waals surface area contributed by atoms with Crippen LogP contribution in [-0.2, 0) is 16.1 Å². The summed E-state index contributed by atoms with van der Waals surface area (Å²) in [5.41, 5.74) is 2.04. The summed E-state index contributed by atoms with van der Waals surface area (Å²) in [4.78, 5) is 21.0. The van der Waals surface area contributed by atoms with Crippen LogP contribution in [0.2, 0.25) is 10.0 Å². The predicted octanol–water partition coefficient (Wildman–Crippen LogP) is 4.87. The van der Waals surface area contributed by atoms with E-state index in [1.54, 1.807) is 24.3 Å². The standard InChI is InChI=1S/C22H23Cl2N3O3S/c1-2-29-21(28)14-30-18-10-15(9-17(24)11-18)13-26-5-7-27(8-6-26)22-25-19-4-3-16(23)12-20(19)31-22/h3-4,9-12H,2,5-8,13-14H2,1H3. The Morgan fingerprint density at radius 2 is 1.90 bits per heavy atom. The Hall–Kier alpha value is -2.06. The van der Waals surface area contributed by atoms with Gasteiger partial charge in [-0.05, 0) is 48.9 Å². The third-order valence-corrected chi connectivity index (χ3v) is 6.51. The molecule has 1 fully saturated rings. The molecule has 1 aromatic heterocycles. The normalized spacial score (nSPS) is 14.7. The van der Waals surface area contributed by atoms with Gasteiger partial charge in [-0.2, -0.15) is 0 Å². The molecule has 0 amide bonds. The Morgan fingerprint density at radius 1 is 1.10 bits per heavy atom. The second kappa shape index (κ2) is 10.0. The third-order valence-electron chi connectivity index (χ3n) is 4.98. The molecule has 0 saturated carbocycles. The van der Waals surface area contributed by atoms with Crippen molar-refractivity contribution >= 4 is 55.9 Å². The minimum absolute atomic E-state index is 0.125. The topological polar surface area (TPSA) is 54.9 Å². The summed E-state index contributed by atoms with van der Waals surface area (Å²) in [5.74, 6) is 0.180. The lowest BCUT2D eigenvalue weighted by atomic mass is 10.2. The van der Waals surface area contributed by atoms with E-state index >= 15 is 0 Å². The fraction of sp³-hybridized carbons (Fsp3) is 0.364. The first-order chi connectivity index (χ1) is 15.0. The van der Waals surface area contributed by atoms with E-state index in [0.29, 0.717) is 17.4 Å². The lowest BCUT2D eigenvalue weighted by molar-refractivity contribution is -0.145. The van der Waals surface area contributed by atoms with Crippen molar-refractivity contribution in [1.82, 2.24) is 9.88 Å². The van der Waals surface area contributed by atoms with Crippen LogP contribution < -0.4 is 9.64 Å². The second-order valence-electron chi connectivity index (χ2n) is 7.26. The Labute approximate surface area is 195 Å². The van der Waals surface area contributed by atoms with Crippen molar-refractivity contribution in [3.05, 3.63) is 52.0 Å². The number of halogens is 2. The number of nitrogens with zero attached hydrogens (tertiary/aromatic N) is 3. The highest BCUT2D eigenvalue weighted by Gasteiger charge is 2.20. The van der Waals surface area contributed by atoms with Crippen molar-refractivity contribution in [2.75, 3.05) is 44.3 Å². The largest absolute Gasteiger partial charge is 0.482 e. The monoisotopic (exact) mass is 479 g/mol. The van der Waals surface area contributed by atoms with Crippen molar-refractivity contribution in [3.8, 4) is 5.75 Å². The van der Waals surface area contributed by atoms with Gasteiger partial charge < -0.3 is 14.4 Å². The molecule has 1 aliphatic heterocycles. The average molecular weight is 480 g/mol. The number of aromatic nitrogens is 1. The number of thiazole rings is 1. The highest BCUT2D eigenvalue weighted by atomic mass is 35.5. The van der Waals surface area contributed by atoms with Crippen molar-refractivity contribution in [1.29, 1.82) is 0 Å². The number of carbonyl (C=O) groups is 1. The van der Waals surface area contributed by atoms with E-state index in [0.717, 1.165) is 58.7 Å². The summed E-state index contributed by atoms with van der Waals surface area (Å²) in [5, 5.41) is 2.36. The van der Waals surface area contributed by atoms with Gasteiger partial charge in [0.1, 0.15) is 5.75 Å². The Kier molecular flexibility index (Phi) is 7.17. The molecular formula is C22H23Cl2N3O3S. The van der Waals surface area contributed by atoms with Crippen LogP contribution in [0.3, 0.4) is 0 Å². The van der Waals surface area contributed by atoms with E-state index in [1.165, 1.54) is 0 Å². The number of piperazine rings is 1. The van der Waals surface area contributed by atoms with Gasteiger partial charge in [-0.15, -0.1) is 0 Å². The number of fused-ring (bicyclic) bond motifs is 1. The third kappa shape index (κ3) is 5.80. The van der Waals surface area contributed by atoms with Gasteiger partial charge in [0, 0.05) is 42.8 Å². The molecule has 0 aliphatic carbocycles. The van der Waals surface area contributed by atoms with Crippen LogP contribution in [0.25, 0.3) is 10.2 Å². The molecule has 3 aromatic rings. The Balaban J connectivity index is 1.34. The van der Waals surface area contributed by atoms with Crippen molar-refractivity contribution in [3.63, 3.8) is 0 Å². The number of esters is 1. The minimum Gasteiger partial charge on any atom is -0.482 e.